The Kier molecular flexibility index (Phi) is 4.50. The Hall–Kier alpha value is -1.88. The van der Waals surface area contributed by atoms with Gasteiger partial charge in [-0.3, -0.25) is 4.79 Å². The Morgan fingerprint density at radius 1 is 1.20 bits per heavy atom. The van der Waals surface area contributed by atoms with Crippen molar-refractivity contribution in [1.82, 2.24) is 9.88 Å². The maximum absolute atomic E-state index is 13.2. The number of pyridine rings is 1. The third-order valence-electron chi connectivity index (χ3n) is 4.39. The number of thiophene rings is 1. The van der Waals surface area contributed by atoms with Gasteiger partial charge in [0.2, 0.25) is 0 Å². The molecule has 0 fully saturated rings. The van der Waals surface area contributed by atoms with Gasteiger partial charge in [-0.1, -0.05) is 53.5 Å². The zero-order chi connectivity index (χ0) is 17.4. The molecule has 0 radical (unpaired) electrons. The molecular weight excluding hydrogens is 375 g/mol. The van der Waals surface area contributed by atoms with Crippen LogP contribution in [0, 0.1) is 0 Å². The minimum Gasteiger partial charge on any atom is -0.327 e. The van der Waals surface area contributed by atoms with Crippen molar-refractivity contribution in [3.63, 3.8) is 0 Å². The maximum Gasteiger partial charge on any atom is 0.256 e. The Balaban J connectivity index is 1.77. The van der Waals surface area contributed by atoms with E-state index in [1.165, 1.54) is 16.6 Å². The minimum absolute atomic E-state index is 0.0863. The molecule has 1 amide bonds. The lowest BCUT2D eigenvalue weighted by molar-refractivity contribution is 0.0695. The number of fused-ring (bicyclic) bond motifs is 1. The van der Waals surface area contributed by atoms with Crippen LogP contribution in [0.25, 0.3) is 0 Å². The summed E-state index contributed by atoms with van der Waals surface area (Å²) in [5.41, 5.74) is 2.75. The van der Waals surface area contributed by atoms with Crippen LogP contribution < -0.4 is 0 Å². The van der Waals surface area contributed by atoms with Gasteiger partial charge in [-0.05, 0) is 35.1 Å². The van der Waals surface area contributed by atoms with Crippen LogP contribution in [0.5, 0.6) is 0 Å². The van der Waals surface area contributed by atoms with Crippen LogP contribution in [0.15, 0.2) is 54.0 Å². The first-order valence-electron chi connectivity index (χ1n) is 7.88. The largest absolute Gasteiger partial charge is 0.327 e. The average Bonchev–Trinajstić information content (AvgIpc) is 3.12. The lowest BCUT2D eigenvalue weighted by Crippen LogP contribution is -2.40. The Labute approximate surface area is 159 Å². The highest BCUT2D eigenvalue weighted by atomic mass is 35.5. The molecular formula is C19H14Cl2N2OS. The van der Waals surface area contributed by atoms with Gasteiger partial charge in [0.05, 0.1) is 16.6 Å². The zero-order valence-corrected chi connectivity index (χ0v) is 15.5. The first kappa shape index (κ1) is 16.6. The van der Waals surface area contributed by atoms with Gasteiger partial charge in [0.1, 0.15) is 5.15 Å². The second kappa shape index (κ2) is 6.79. The number of aromatic nitrogens is 1. The molecule has 4 rings (SSSR count). The van der Waals surface area contributed by atoms with Gasteiger partial charge in [0.25, 0.3) is 5.91 Å². The highest BCUT2D eigenvalue weighted by Gasteiger charge is 2.33. The van der Waals surface area contributed by atoms with Crippen molar-refractivity contribution in [2.45, 2.75) is 12.5 Å². The number of hydrogen-bond acceptors (Lipinski definition) is 3. The number of rotatable bonds is 2. The molecule has 0 bridgehead atoms. The molecule has 6 heteroatoms. The molecule has 1 aliphatic heterocycles. The second-order valence-electron chi connectivity index (χ2n) is 5.86. The third kappa shape index (κ3) is 3.06. The SMILES string of the molecule is O=C(c1cnc(Cl)c(Cl)c1)N1CCc2sccc2[C@H]1c1ccccc1. The first-order valence-corrected chi connectivity index (χ1v) is 9.52. The summed E-state index contributed by atoms with van der Waals surface area (Å²) in [6.07, 6.45) is 2.35. The van der Waals surface area contributed by atoms with Crippen LogP contribution >= 0.6 is 34.5 Å². The molecule has 1 aromatic carbocycles. The molecule has 0 spiro atoms. The number of hydrogen-bond donors (Lipinski definition) is 0. The molecule has 0 N–H and O–H groups in total. The van der Waals surface area contributed by atoms with Crippen LogP contribution in [0.4, 0.5) is 0 Å². The third-order valence-corrected chi connectivity index (χ3v) is 6.07. The molecule has 3 nitrogen and oxygen atoms in total. The normalized spacial score (nSPS) is 16.6. The summed E-state index contributed by atoms with van der Waals surface area (Å²) in [6, 6.07) is 13.7. The molecule has 3 heterocycles. The number of amides is 1. The fourth-order valence-corrected chi connectivity index (χ4v) is 4.41. The van der Waals surface area contributed by atoms with Crippen LogP contribution in [0.1, 0.15) is 32.4 Å². The van der Waals surface area contributed by atoms with E-state index in [0.29, 0.717) is 12.1 Å². The zero-order valence-electron chi connectivity index (χ0n) is 13.2. The summed E-state index contributed by atoms with van der Waals surface area (Å²) in [6.45, 7) is 0.659. The molecule has 126 valence electrons. The van der Waals surface area contributed by atoms with Crippen molar-refractivity contribution < 1.29 is 4.79 Å². The molecule has 1 atom stereocenters. The highest BCUT2D eigenvalue weighted by molar-refractivity contribution is 7.10. The summed E-state index contributed by atoms with van der Waals surface area (Å²) in [7, 11) is 0. The van der Waals surface area contributed by atoms with E-state index in [9.17, 15) is 4.79 Å². The fraction of sp³-hybridized carbons (Fsp3) is 0.158. The lowest BCUT2D eigenvalue weighted by Gasteiger charge is -2.36. The summed E-state index contributed by atoms with van der Waals surface area (Å²) in [5, 5.41) is 2.59. The molecule has 2 aromatic heterocycles. The van der Waals surface area contributed by atoms with Gasteiger partial charge in [0, 0.05) is 17.6 Å². The molecule has 3 aromatic rings. The standard InChI is InChI=1S/C19H14Cl2N2OS/c20-15-10-13(11-22-18(15)21)19(24)23-8-6-16-14(7-9-25-16)17(23)12-4-2-1-3-5-12/h1-5,7,9-11,17H,6,8H2/t17-/m1/s1. The fourth-order valence-electron chi connectivity index (χ4n) is 3.23. The van der Waals surface area contributed by atoms with Crippen molar-refractivity contribution >= 4 is 40.4 Å². The number of carbonyl (C=O) groups excluding carboxylic acids is 1. The summed E-state index contributed by atoms with van der Waals surface area (Å²) >= 11 is 13.7. The van der Waals surface area contributed by atoms with Gasteiger partial charge in [-0.2, -0.15) is 0 Å². The number of benzene rings is 1. The number of nitrogens with zero attached hydrogens (tertiary/aromatic N) is 2. The summed E-state index contributed by atoms with van der Waals surface area (Å²) in [4.78, 5) is 20.4. The molecule has 25 heavy (non-hydrogen) atoms. The summed E-state index contributed by atoms with van der Waals surface area (Å²) < 4.78 is 0. The minimum atomic E-state index is -0.0989. The van der Waals surface area contributed by atoms with E-state index in [2.05, 4.69) is 28.6 Å². The van der Waals surface area contributed by atoms with Crippen LogP contribution in [0.3, 0.4) is 0 Å². The quantitative estimate of drug-likeness (QED) is 0.562. The number of halogens is 2. The second-order valence-corrected chi connectivity index (χ2v) is 7.62. The van der Waals surface area contributed by atoms with E-state index in [0.717, 1.165) is 12.0 Å². The molecule has 0 saturated heterocycles. The summed E-state index contributed by atoms with van der Waals surface area (Å²) in [5.74, 6) is -0.0863. The molecule has 0 saturated carbocycles. The van der Waals surface area contributed by atoms with Crippen molar-refractivity contribution in [3.8, 4) is 0 Å². The van der Waals surface area contributed by atoms with Crippen molar-refractivity contribution in [1.29, 1.82) is 0 Å². The van der Waals surface area contributed by atoms with Crippen LogP contribution in [-0.4, -0.2) is 22.3 Å². The predicted molar refractivity (Wildman–Crippen MR) is 102 cm³/mol. The van der Waals surface area contributed by atoms with Crippen LogP contribution in [-0.2, 0) is 6.42 Å². The monoisotopic (exact) mass is 388 g/mol. The van der Waals surface area contributed by atoms with Gasteiger partial charge < -0.3 is 4.90 Å². The topological polar surface area (TPSA) is 33.2 Å². The highest BCUT2D eigenvalue weighted by Crippen LogP contribution is 2.38. The predicted octanol–water partition coefficient (Wildman–Crippen LogP) is 5.24. The van der Waals surface area contributed by atoms with E-state index in [1.54, 1.807) is 17.4 Å². The lowest BCUT2D eigenvalue weighted by atomic mass is 9.93. The maximum atomic E-state index is 13.2. The number of carbonyl (C=O) groups is 1. The Bertz CT molecular complexity index is 926. The van der Waals surface area contributed by atoms with Crippen LogP contribution in [0.2, 0.25) is 10.2 Å². The molecule has 0 unspecified atom stereocenters. The van der Waals surface area contributed by atoms with E-state index in [1.807, 2.05) is 23.1 Å². The van der Waals surface area contributed by atoms with E-state index in [-0.39, 0.29) is 22.1 Å². The van der Waals surface area contributed by atoms with Gasteiger partial charge in [-0.25, -0.2) is 4.98 Å². The van der Waals surface area contributed by atoms with Crippen molar-refractivity contribution in [2.24, 2.45) is 0 Å². The molecule has 1 aliphatic rings. The average molecular weight is 389 g/mol. The van der Waals surface area contributed by atoms with Crippen molar-refractivity contribution in [2.75, 3.05) is 6.54 Å². The van der Waals surface area contributed by atoms with Gasteiger partial charge in [-0.15, -0.1) is 11.3 Å². The van der Waals surface area contributed by atoms with E-state index < -0.39 is 0 Å². The van der Waals surface area contributed by atoms with E-state index >= 15 is 0 Å². The van der Waals surface area contributed by atoms with Gasteiger partial charge in [0.15, 0.2) is 0 Å². The Morgan fingerprint density at radius 2 is 2.00 bits per heavy atom. The van der Waals surface area contributed by atoms with Crippen molar-refractivity contribution in [3.05, 3.63) is 85.8 Å². The smallest absolute Gasteiger partial charge is 0.256 e. The Morgan fingerprint density at radius 3 is 2.76 bits per heavy atom. The van der Waals surface area contributed by atoms with E-state index in [4.69, 9.17) is 23.2 Å². The first-order chi connectivity index (χ1) is 12.1. The molecule has 0 aliphatic carbocycles. The van der Waals surface area contributed by atoms with Gasteiger partial charge >= 0.3 is 0 Å².